The topological polar surface area (TPSA) is 186 Å². The van der Waals surface area contributed by atoms with Crippen LogP contribution >= 0.6 is 0 Å². The Labute approximate surface area is 235 Å². The van der Waals surface area contributed by atoms with Crippen LogP contribution in [0.5, 0.6) is 0 Å². The number of aliphatic hydroxyl groups excluding tert-OH is 1. The number of hydrogen-bond donors (Lipinski definition) is 4. The Morgan fingerprint density at radius 1 is 1.07 bits per heavy atom. The van der Waals surface area contributed by atoms with Crippen LogP contribution in [-0.2, 0) is 28.5 Å². The van der Waals surface area contributed by atoms with Crippen LogP contribution < -0.4 is 0 Å². The van der Waals surface area contributed by atoms with E-state index in [1.807, 2.05) is 0 Å². The van der Waals surface area contributed by atoms with E-state index in [4.69, 9.17) is 18.9 Å². The van der Waals surface area contributed by atoms with E-state index >= 15 is 0 Å². The number of ketones is 1. The SMILES string of the molecule is CC(=O)O[C@H]1C(=O)[C@@]2(O)[C@H]([C@H](OC(=O)c3ccccc3)[C@]3(O)CCC(C)=C1C3(C)C)[C@]1(OC(=O)O)CO[C@@H]1C[C@@H]2O. The maximum atomic E-state index is 14.5. The number of rotatable bonds is 4. The summed E-state index contributed by atoms with van der Waals surface area (Å²) in [5.74, 6) is -4.76. The van der Waals surface area contributed by atoms with Gasteiger partial charge in [0.15, 0.2) is 17.3 Å². The van der Waals surface area contributed by atoms with Gasteiger partial charge in [0.25, 0.3) is 0 Å². The van der Waals surface area contributed by atoms with Crippen LogP contribution in [0.2, 0.25) is 0 Å². The third-order valence-corrected chi connectivity index (χ3v) is 9.57. The summed E-state index contributed by atoms with van der Waals surface area (Å²) in [6, 6.07) is 7.81. The van der Waals surface area contributed by atoms with Gasteiger partial charge in [-0.05, 0) is 37.5 Å². The summed E-state index contributed by atoms with van der Waals surface area (Å²) in [5, 5.41) is 46.1. The standard InChI is InChI=1S/C29H34O12/c1-14-10-11-28(36)23(40-24(33)16-8-6-5-7-9-16)21-27(41-25(34)35)13-38-18(27)12-17(31)29(21,37)22(32)20(39-15(2)30)19(14)26(28,3)4/h5-9,17-18,20-21,23,31,36-37H,10-13H2,1-4H3,(H,34,35)/t17-,18+,20+,21+,23-,27-,28+,29-/m0/s1. The average molecular weight is 575 g/mol. The second kappa shape index (κ2) is 9.62. The summed E-state index contributed by atoms with van der Waals surface area (Å²) < 4.78 is 22.4. The zero-order chi connectivity index (χ0) is 30.1. The van der Waals surface area contributed by atoms with Gasteiger partial charge in [0.2, 0.25) is 5.78 Å². The number of carbonyl (C=O) groups excluding carboxylic acids is 3. The van der Waals surface area contributed by atoms with Crippen molar-refractivity contribution in [2.24, 2.45) is 11.3 Å². The molecule has 3 aliphatic carbocycles. The monoisotopic (exact) mass is 574 g/mol. The number of allylic oxidation sites excluding steroid dienone is 1. The molecule has 8 atom stereocenters. The lowest BCUT2D eigenvalue weighted by Crippen LogP contribution is -2.84. The fourth-order valence-electron chi connectivity index (χ4n) is 7.47. The predicted octanol–water partition coefficient (Wildman–Crippen LogP) is 1.54. The second-order valence-corrected chi connectivity index (χ2v) is 12.0. The molecule has 41 heavy (non-hydrogen) atoms. The lowest BCUT2D eigenvalue weighted by molar-refractivity contribution is -0.354. The van der Waals surface area contributed by atoms with Gasteiger partial charge in [0.1, 0.15) is 17.8 Å². The highest BCUT2D eigenvalue weighted by atomic mass is 16.7. The van der Waals surface area contributed by atoms with Gasteiger partial charge in [0.05, 0.1) is 24.2 Å². The van der Waals surface area contributed by atoms with Crippen molar-refractivity contribution in [1.82, 2.24) is 0 Å². The number of aliphatic hydroxyl groups is 3. The number of ether oxygens (including phenoxy) is 4. The Bertz CT molecular complexity index is 1320. The summed E-state index contributed by atoms with van der Waals surface area (Å²) >= 11 is 0. The highest BCUT2D eigenvalue weighted by molar-refractivity contribution is 5.97. The van der Waals surface area contributed by atoms with E-state index in [2.05, 4.69) is 0 Å². The number of benzene rings is 1. The highest BCUT2D eigenvalue weighted by Gasteiger charge is 2.79. The number of carbonyl (C=O) groups is 4. The molecule has 12 nitrogen and oxygen atoms in total. The van der Waals surface area contributed by atoms with E-state index in [1.165, 1.54) is 12.1 Å². The van der Waals surface area contributed by atoms with Crippen molar-refractivity contribution in [3.8, 4) is 0 Å². The van der Waals surface area contributed by atoms with E-state index in [9.17, 15) is 39.6 Å². The van der Waals surface area contributed by atoms with Gasteiger partial charge in [-0.1, -0.05) is 37.6 Å². The van der Waals surface area contributed by atoms with Gasteiger partial charge < -0.3 is 39.4 Å². The molecule has 0 aromatic heterocycles. The number of Topliss-reactive ketones (excluding diaryl/α,β-unsaturated/α-hetero) is 1. The van der Waals surface area contributed by atoms with Gasteiger partial charge >= 0.3 is 18.1 Å². The minimum absolute atomic E-state index is 0.0413. The minimum Gasteiger partial charge on any atom is -0.455 e. The number of carboxylic acid groups (broad SMARTS) is 1. The fraction of sp³-hybridized carbons (Fsp3) is 0.586. The van der Waals surface area contributed by atoms with Crippen molar-refractivity contribution < 1.29 is 58.6 Å². The molecule has 5 rings (SSSR count). The molecule has 222 valence electrons. The van der Waals surface area contributed by atoms with Crippen molar-refractivity contribution in [3.63, 3.8) is 0 Å². The first-order valence-electron chi connectivity index (χ1n) is 13.4. The van der Waals surface area contributed by atoms with E-state index < -0.39 is 89.5 Å². The molecular weight excluding hydrogens is 540 g/mol. The normalized spacial score (nSPS) is 39.2. The smallest absolute Gasteiger partial charge is 0.455 e. The van der Waals surface area contributed by atoms with Crippen LogP contribution in [0, 0.1) is 11.3 Å². The summed E-state index contributed by atoms with van der Waals surface area (Å²) in [6.45, 7) is 5.53. The maximum Gasteiger partial charge on any atom is 0.506 e. The molecule has 3 fully saturated rings. The van der Waals surface area contributed by atoms with Crippen molar-refractivity contribution in [2.75, 3.05) is 6.61 Å². The lowest BCUT2D eigenvalue weighted by atomic mass is 9.47. The molecule has 1 saturated heterocycles. The first kappa shape index (κ1) is 29.2. The third kappa shape index (κ3) is 4.03. The summed E-state index contributed by atoms with van der Waals surface area (Å²) in [6.07, 6.45) is -8.58. The van der Waals surface area contributed by atoms with Crippen LogP contribution in [0.25, 0.3) is 0 Å². The van der Waals surface area contributed by atoms with Crippen molar-refractivity contribution >= 4 is 23.9 Å². The Morgan fingerprint density at radius 2 is 1.73 bits per heavy atom. The van der Waals surface area contributed by atoms with Crippen molar-refractivity contribution in [1.29, 1.82) is 0 Å². The zero-order valence-electron chi connectivity index (χ0n) is 23.2. The van der Waals surface area contributed by atoms with Gasteiger partial charge in [-0.3, -0.25) is 9.59 Å². The molecule has 1 heterocycles. The number of esters is 2. The Kier molecular flexibility index (Phi) is 6.85. The van der Waals surface area contributed by atoms with E-state index in [1.54, 1.807) is 39.0 Å². The minimum atomic E-state index is -2.90. The van der Waals surface area contributed by atoms with Crippen LogP contribution in [-0.4, -0.2) is 92.1 Å². The number of hydrogen-bond acceptors (Lipinski definition) is 11. The average Bonchev–Trinajstić information content (AvgIpc) is 2.89. The molecule has 4 N–H and O–H groups in total. The molecule has 4 aliphatic rings. The molecule has 1 aromatic carbocycles. The first-order chi connectivity index (χ1) is 19.1. The molecule has 0 unspecified atom stereocenters. The first-order valence-corrected chi connectivity index (χ1v) is 13.4. The van der Waals surface area contributed by atoms with Crippen molar-refractivity contribution in [2.45, 2.75) is 88.2 Å². The van der Waals surface area contributed by atoms with Gasteiger partial charge in [-0.2, -0.15) is 0 Å². The van der Waals surface area contributed by atoms with Crippen LogP contribution in [0.4, 0.5) is 4.79 Å². The van der Waals surface area contributed by atoms with Gasteiger partial charge in [-0.15, -0.1) is 0 Å². The Hall–Kier alpha value is -3.32. The van der Waals surface area contributed by atoms with Crippen molar-refractivity contribution in [3.05, 3.63) is 47.0 Å². The molecule has 1 aliphatic heterocycles. The Morgan fingerprint density at radius 3 is 2.29 bits per heavy atom. The quantitative estimate of drug-likeness (QED) is 0.231. The highest BCUT2D eigenvalue weighted by Crippen LogP contribution is 2.61. The van der Waals surface area contributed by atoms with Gasteiger partial charge in [0, 0.05) is 18.8 Å². The molecule has 12 heteroatoms. The Balaban J connectivity index is 1.81. The molecular formula is C29H34O12. The molecule has 2 saturated carbocycles. The summed E-state index contributed by atoms with van der Waals surface area (Å²) in [7, 11) is 0. The summed E-state index contributed by atoms with van der Waals surface area (Å²) in [5.41, 5.74) is -7.50. The molecule has 2 bridgehead atoms. The van der Waals surface area contributed by atoms with Crippen LogP contribution in [0.1, 0.15) is 57.3 Å². The predicted molar refractivity (Wildman–Crippen MR) is 138 cm³/mol. The molecule has 0 spiro atoms. The fourth-order valence-corrected chi connectivity index (χ4v) is 7.47. The zero-order valence-corrected chi connectivity index (χ0v) is 23.2. The van der Waals surface area contributed by atoms with E-state index in [0.29, 0.717) is 5.57 Å². The second-order valence-electron chi connectivity index (χ2n) is 12.0. The maximum absolute atomic E-state index is 14.5. The lowest BCUT2D eigenvalue weighted by Gasteiger charge is -2.66. The van der Waals surface area contributed by atoms with Crippen LogP contribution in [0.3, 0.4) is 0 Å². The van der Waals surface area contributed by atoms with Crippen LogP contribution in [0.15, 0.2) is 41.5 Å². The largest absolute Gasteiger partial charge is 0.506 e. The number of fused-ring (bicyclic) bond motifs is 5. The third-order valence-electron chi connectivity index (χ3n) is 9.57. The van der Waals surface area contributed by atoms with E-state index in [0.717, 1.165) is 6.92 Å². The molecule has 0 amide bonds. The summed E-state index contributed by atoms with van der Waals surface area (Å²) in [4.78, 5) is 52.3. The molecule has 0 radical (unpaired) electrons. The molecule has 1 aromatic rings. The van der Waals surface area contributed by atoms with Gasteiger partial charge in [-0.25, -0.2) is 9.59 Å². The van der Waals surface area contributed by atoms with E-state index in [-0.39, 0.29) is 24.0 Å².